The Kier molecular flexibility index (Phi) is 5.04. The fourth-order valence-corrected chi connectivity index (χ4v) is 7.17. The monoisotopic (exact) mass is 419 g/mol. The van der Waals surface area contributed by atoms with E-state index in [0.29, 0.717) is 41.0 Å². The first-order valence-corrected chi connectivity index (χ1v) is 11.4. The molecule has 0 aromatic heterocycles. The van der Waals surface area contributed by atoms with Gasteiger partial charge in [0.25, 0.3) is 0 Å². The van der Waals surface area contributed by atoms with Crippen LogP contribution in [0.1, 0.15) is 44.1 Å². The van der Waals surface area contributed by atoms with E-state index in [4.69, 9.17) is 21.4 Å². The Labute approximate surface area is 177 Å². The normalized spacial score (nSPS) is 38.1. The molecule has 6 heteroatoms. The zero-order valence-corrected chi connectivity index (χ0v) is 17.5. The molecule has 0 radical (unpaired) electrons. The Morgan fingerprint density at radius 1 is 1.21 bits per heavy atom. The van der Waals surface area contributed by atoms with E-state index in [-0.39, 0.29) is 25.0 Å². The Balaban J connectivity index is 1.26. The van der Waals surface area contributed by atoms with E-state index in [2.05, 4.69) is 4.90 Å². The maximum absolute atomic E-state index is 13.3. The summed E-state index contributed by atoms with van der Waals surface area (Å²) >= 11 is 6.44. The summed E-state index contributed by atoms with van der Waals surface area (Å²) in [5.74, 6) is 2.50. The number of aliphatic hydroxyl groups is 2. The van der Waals surface area contributed by atoms with Gasteiger partial charge in [0.2, 0.25) is 5.91 Å². The third-order valence-electron chi connectivity index (χ3n) is 7.75. The highest BCUT2D eigenvalue weighted by atomic mass is 35.5. The molecule has 4 aliphatic carbocycles. The van der Waals surface area contributed by atoms with Gasteiger partial charge in [0, 0.05) is 23.5 Å². The van der Waals surface area contributed by atoms with Crippen LogP contribution in [0, 0.1) is 23.7 Å². The van der Waals surface area contributed by atoms with E-state index in [1.165, 1.54) is 12.8 Å². The van der Waals surface area contributed by atoms with Crippen LogP contribution in [-0.4, -0.2) is 52.4 Å². The van der Waals surface area contributed by atoms with Crippen LogP contribution in [0.2, 0.25) is 5.02 Å². The van der Waals surface area contributed by atoms with Crippen LogP contribution in [0.4, 0.5) is 0 Å². The van der Waals surface area contributed by atoms with Crippen LogP contribution in [-0.2, 0) is 11.2 Å². The Bertz CT molecular complexity index is 783. The van der Waals surface area contributed by atoms with Gasteiger partial charge in [0.1, 0.15) is 12.4 Å². The minimum atomic E-state index is -0.456. The number of halogens is 1. The molecular weight excluding hydrogens is 390 g/mol. The van der Waals surface area contributed by atoms with Crippen molar-refractivity contribution in [2.45, 2.75) is 56.6 Å². The molecule has 1 aliphatic heterocycles. The molecule has 0 spiro atoms. The number of aliphatic hydroxyl groups excluding tert-OH is 1. The Morgan fingerprint density at radius 3 is 2.62 bits per heavy atom. The van der Waals surface area contributed by atoms with Crippen molar-refractivity contribution in [2.75, 3.05) is 19.8 Å². The van der Waals surface area contributed by atoms with Crippen molar-refractivity contribution in [1.82, 2.24) is 4.90 Å². The van der Waals surface area contributed by atoms with Crippen molar-refractivity contribution in [3.05, 3.63) is 28.8 Å². The van der Waals surface area contributed by atoms with Crippen molar-refractivity contribution in [3.8, 4) is 5.75 Å². The summed E-state index contributed by atoms with van der Waals surface area (Å²) in [7, 11) is 0. The molecule has 158 valence electrons. The molecule has 4 bridgehead atoms. The number of benzene rings is 1. The van der Waals surface area contributed by atoms with Gasteiger partial charge in [-0.2, -0.15) is 0 Å². The number of likely N-dealkylation sites (tertiary alicyclic amines) is 1. The lowest BCUT2D eigenvalue weighted by molar-refractivity contribution is -0.168. The second-order valence-electron chi connectivity index (χ2n) is 9.73. The standard InChI is InChI=1S/C23H30ClNO4/c24-20-10-19(29-6-5-26)2-1-15(20)9-16-3-4-25(22(16)27)21-17-7-14-8-18(21)13-23(28,11-14)12-17/h1-2,10,14,16-18,21,26,28H,3-9,11-13H2. The highest BCUT2D eigenvalue weighted by Crippen LogP contribution is 2.57. The maximum Gasteiger partial charge on any atom is 0.226 e. The van der Waals surface area contributed by atoms with Crippen molar-refractivity contribution in [2.24, 2.45) is 23.7 Å². The number of amides is 1. The molecule has 1 heterocycles. The van der Waals surface area contributed by atoms with Crippen LogP contribution in [0.3, 0.4) is 0 Å². The van der Waals surface area contributed by atoms with Gasteiger partial charge in [0.15, 0.2) is 0 Å². The number of carbonyl (C=O) groups is 1. The molecule has 5 aliphatic rings. The van der Waals surface area contributed by atoms with Gasteiger partial charge in [0.05, 0.1) is 12.2 Å². The van der Waals surface area contributed by atoms with Crippen LogP contribution in [0.15, 0.2) is 18.2 Å². The molecule has 6 rings (SSSR count). The zero-order chi connectivity index (χ0) is 20.2. The summed E-state index contributed by atoms with van der Waals surface area (Å²) in [5.41, 5.74) is 0.519. The molecule has 3 unspecified atom stereocenters. The lowest BCUT2D eigenvalue weighted by Gasteiger charge is -2.59. The topological polar surface area (TPSA) is 70.0 Å². The highest BCUT2D eigenvalue weighted by molar-refractivity contribution is 6.31. The molecule has 29 heavy (non-hydrogen) atoms. The van der Waals surface area contributed by atoms with Crippen LogP contribution < -0.4 is 4.74 Å². The summed E-state index contributed by atoms with van der Waals surface area (Å²) in [5, 5.41) is 20.3. The Morgan fingerprint density at radius 2 is 1.97 bits per heavy atom. The molecule has 5 fully saturated rings. The molecular formula is C23H30ClNO4. The summed E-state index contributed by atoms with van der Waals surface area (Å²) in [6.45, 7) is 1.04. The van der Waals surface area contributed by atoms with Gasteiger partial charge in [-0.25, -0.2) is 0 Å². The van der Waals surface area contributed by atoms with E-state index in [1.54, 1.807) is 6.07 Å². The highest BCUT2D eigenvalue weighted by Gasteiger charge is 2.57. The van der Waals surface area contributed by atoms with Gasteiger partial charge < -0.3 is 19.8 Å². The first-order chi connectivity index (χ1) is 14.0. The summed E-state index contributed by atoms with van der Waals surface area (Å²) < 4.78 is 5.41. The number of hydrogen-bond acceptors (Lipinski definition) is 4. The first-order valence-electron chi connectivity index (χ1n) is 11.0. The molecule has 1 amide bonds. The summed E-state index contributed by atoms with van der Waals surface area (Å²) in [4.78, 5) is 15.5. The number of rotatable bonds is 6. The lowest BCUT2D eigenvalue weighted by atomic mass is 9.52. The SMILES string of the molecule is O=C1C(Cc2ccc(OCCO)cc2Cl)CCN1C1C2CC3CC1CC(O)(C3)C2. The molecule has 5 nitrogen and oxygen atoms in total. The molecule has 3 atom stereocenters. The van der Waals surface area contributed by atoms with Crippen LogP contribution in [0.5, 0.6) is 5.75 Å². The second kappa shape index (κ2) is 7.44. The van der Waals surface area contributed by atoms with E-state index in [1.807, 2.05) is 12.1 Å². The third-order valence-corrected chi connectivity index (χ3v) is 8.10. The minimum Gasteiger partial charge on any atom is -0.491 e. The average molecular weight is 420 g/mol. The number of ether oxygens (including phenoxy) is 1. The maximum atomic E-state index is 13.3. The van der Waals surface area contributed by atoms with Crippen molar-refractivity contribution in [3.63, 3.8) is 0 Å². The van der Waals surface area contributed by atoms with E-state index >= 15 is 0 Å². The van der Waals surface area contributed by atoms with Crippen molar-refractivity contribution in [1.29, 1.82) is 0 Å². The average Bonchev–Trinajstić information content (AvgIpc) is 3.01. The molecule has 2 N–H and O–H groups in total. The second-order valence-corrected chi connectivity index (χ2v) is 10.1. The van der Waals surface area contributed by atoms with Gasteiger partial charge in [-0.05, 0) is 80.4 Å². The van der Waals surface area contributed by atoms with Crippen molar-refractivity contribution >= 4 is 17.5 Å². The predicted octanol–water partition coefficient (Wildman–Crippen LogP) is 3.04. The van der Waals surface area contributed by atoms with Crippen LogP contribution >= 0.6 is 11.6 Å². The molecule has 1 saturated heterocycles. The smallest absolute Gasteiger partial charge is 0.226 e. The van der Waals surface area contributed by atoms with E-state index in [9.17, 15) is 9.90 Å². The number of nitrogens with zero attached hydrogens (tertiary/aromatic N) is 1. The van der Waals surface area contributed by atoms with Crippen molar-refractivity contribution < 1.29 is 19.7 Å². The minimum absolute atomic E-state index is 0.0167. The lowest BCUT2D eigenvalue weighted by Crippen LogP contribution is -2.62. The quantitative estimate of drug-likeness (QED) is 0.743. The zero-order valence-electron chi connectivity index (χ0n) is 16.7. The van der Waals surface area contributed by atoms with Gasteiger partial charge in [-0.1, -0.05) is 17.7 Å². The number of hydrogen-bond donors (Lipinski definition) is 2. The largest absolute Gasteiger partial charge is 0.491 e. The number of carbonyl (C=O) groups excluding carboxylic acids is 1. The summed E-state index contributed by atoms with van der Waals surface area (Å²) in [6.07, 6.45) is 6.61. The molecule has 1 aromatic rings. The Hall–Kier alpha value is -1.30. The van der Waals surface area contributed by atoms with Gasteiger partial charge in [-0.3, -0.25) is 4.79 Å². The predicted molar refractivity (Wildman–Crippen MR) is 110 cm³/mol. The van der Waals surface area contributed by atoms with E-state index in [0.717, 1.165) is 37.8 Å². The van der Waals surface area contributed by atoms with Gasteiger partial charge in [-0.15, -0.1) is 0 Å². The molecule has 1 aromatic carbocycles. The summed E-state index contributed by atoms with van der Waals surface area (Å²) in [6, 6.07) is 5.88. The van der Waals surface area contributed by atoms with E-state index < -0.39 is 5.60 Å². The fourth-order valence-electron chi connectivity index (χ4n) is 6.92. The first kappa shape index (κ1) is 19.7. The fraction of sp³-hybridized carbons (Fsp3) is 0.696. The molecule has 4 saturated carbocycles. The third kappa shape index (κ3) is 3.55. The van der Waals surface area contributed by atoms with Crippen LogP contribution in [0.25, 0.3) is 0 Å². The van der Waals surface area contributed by atoms with Gasteiger partial charge >= 0.3 is 0 Å².